The number of likely N-dealkylation sites (tertiary alicyclic amines) is 1. The number of aromatic nitrogens is 1. The van der Waals surface area contributed by atoms with E-state index in [0.717, 1.165) is 0 Å². The average Bonchev–Trinajstić information content (AvgIpc) is 3.15. The summed E-state index contributed by atoms with van der Waals surface area (Å²) >= 11 is 0. The van der Waals surface area contributed by atoms with E-state index in [4.69, 9.17) is 4.74 Å². The Kier molecular flexibility index (Phi) is 5.03. The van der Waals surface area contributed by atoms with Gasteiger partial charge in [0.1, 0.15) is 4.90 Å². The zero-order chi connectivity index (χ0) is 21.8. The third-order valence-corrected chi connectivity index (χ3v) is 6.70. The Morgan fingerprint density at radius 1 is 1.20 bits per heavy atom. The fourth-order valence-electron chi connectivity index (χ4n) is 3.83. The van der Waals surface area contributed by atoms with Crippen molar-refractivity contribution in [2.24, 2.45) is 13.0 Å². The molecule has 2 aliphatic heterocycles. The zero-order valence-corrected chi connectivity index (χ0v) is 16.9. The molecule has 12 heteroatoms. The lowest BCUT2D eigenvalue weighted by Gasteiger charge is -2.24. The fourth-order valence-corrected chi connectivity index (χ4v) is 5.32. The minimum absolute atomic E-state index is 0.116. The van der Waals surface area contributed by atoms with Crippen LogP contribution in [0.1, 0.15) is 10.5 Å². The Morgan fingerprint density at radius 2 is 1.87 bits per heavy atom. The molecule has 0 radical (unpaired) electrons. The topological polar surface area (TPSA) is 92.7 Å². The van der Waals surface area contributed by atoms with Crippen molar-refractivity contribution in [2.45, 2.75) is 10.9 Å². The maximum atomic E-state index is 13.5. The van der Waals surface area contributed by atoms with Crippen LogP contribution in [0.4, 0.5) is 18.9 Å². The van der Waals surface area contributed by atoms with E-state index < -0.39 is 33.4 Å². The number of aryl methyl sites for hydroxylation is 1. The number of nitrogens with zero attached hydrogens (tertiary/aromatic N) is 2. The molecule has 2 atom stereocenters. The second kappa shape index (κ2) is 7.29. The minimum atomic E-state index is -3.98. The first-order valence-electron chi connectivity index (χ1n) is 9.05. The van der Waals surface area contributed by atoms with Crippen molar-refractivity contribution >= 4 is 21.6 Å². The van der Waals surface area contributed by atoms with E-state index in [1.54, 1.807) is 0 Å². The molecule has 0 spiro atoms. The molecular formula is C18H19F3N4O4S. The van der Waals surface area contributed by atoms with Crippen molar-refractivity contribution in [1.82, 2.24) is 14.2 Å². The second-order valence-electron chi connectivity index (χ2n) is 7.51. The number of sulfonamides is 1. The third kappa shape index (κ3) is 3.55. The number of ether oxygens (including phenoxy) is 1. The number of benzene rings is 1. The lowest BCUT2D eigenvalue weighted by molar-refractivity contribution is 0.101. The molecule has 0 aliphatic carbocycles. The molecule has 2 N–H and O–H groups in total. The van der Waals surface area contributed by atoms with Crippen molar-refractivity contribution in [3.05, 3.63) is 41.5 Å². The summed E-state index contributed by atoms with van der Waals surface area (Å²) in [5, 5.41) is 2.25. The second-order valence-corrected chi connectivity index (χ2v) is 9.19. The number of nitrogens with one attached hydrogen (secondary N) is 2. The minimum Gasteiger partial charge on any atom is -0.489 e. The van der Waals surface area contributed by atoms with Gasteiger partial charge in [-0.25, -0.2) is 26.3 Å². The summed E-state index contributed by atoms with van der Waals surface area (Å²) < 4.78 is 75.5. The highest BCUT2D eigenvalue weighted by molar-refractivity contribution is 7.89. The predicted molar refractivity (Wildman–Crippen MR) is 100 cm³/mol. The van der Waals surface area contributed by atoms with Crippen LogP contribution in [0.2, 0.25) is 0 Å². The van der Waals surface area contributed by atoms with Crippen LogP contribution in [0.5, 0.6) is 5.75 Å². The number of halogens is 3. The molecule has 1 aromatic heterocycles. The van der Waals surface area contributed by atoms with E-state index in [2.05, 4.69) is 10.0 Å². The van der Waals surface area contributed by atoms with Crippen molar-refractivity contribution in [1.29, 1.82) is 0 Å². The molecule has 8 nitrogen and oxygen atoms in total. The van der Waals surface area contributed by atoms with Crippen LogP contribution in [0.3, 0.4) is 0 Å². The molecule has 162 valence electrons. The predicted octanol–water partition coefficient (Wildman–Crippen LogP) is 1.30. The van der Waals surface area contributed by atoms with Gasteiger partial charge in [0, 0.05) is 56.1 Å². The molecule has 0 unspecified atom stereocenters. The van der Waals surface area contributed by atoms with Gasteiger partial charge in [0.2, 0.25) is 10.0 Å². The standard InChI is InChI=1S/C18H19F3N4O4S/c1-24-5-9-8-29-17-14(30(27,28)23-13(9)6-24)7-25(2)16(17)18(26)22-10-3-11(19)15(21)12(20)4-10/h3-4,7,9,13,23H,5-6,8H2,1-2H3,(H,22,26)/t9-,13-/m0/s1. The van der Waals surface area contributed by atoms with Crippen LogP contribution in [-0.4, -0.2) is 56.6 Å². The highest BCUT2D eigenvalue weighted by Gasteiger charge is 2.40. The Bertz CT molecular complexity index is 1110. The molecule has 1 saturated heterocycles. The SMILES string of the molecule is CN1C[C@H]2COc3c(cn(C)c3C(=O)Nc3cc(F)c(F)c(F)c3)S(=O)(=O)N[C@H]2C1. The molecule has 1 aromatic carbocycles. The average molecular weight is 444 g/mol. The number of amides is 1. The van der Waals surface area contributed by atoms with E-state index in [-0.39, 0.29) is 40.6 Å². The number of hydrogen-bond donors (Lipinski definition) is 2. The molecule has 1 fully saturated rings. The summed E-state index contributed by atoms with van der Waals surface area (Å²) in [5.74, 6) is -5.72. The van der Waals surface area contributed by atoms with Gasteiger partial charge >= 0.3 is 0 Å². The monoisotopic (exact) mass is 444 g/mol. The lowest BCUT2D eigenvalue weighted by atomic mass is 10.1. The third-order valence-electron chi connectivity index (χ3n) is 5.22. The smallest absolute Gasteiger partial charge is 0.276 e. The maximum absolute atomic E-state index is 13.5. The fraction of sp³-hybridized carbons (Fsp3) is 0.389. The van der Waals surface area contributed by atoms with Gasteiger partial charge in [0.05, 0.1) is 6.61 Å². The summed E-state index contributed by atoms with van der Waals surface area (Å²) in [6.45, 7) is 1.32. The van der Waals surface area contributed by atoms with Gasteiger partial charge in [-0.2, -0.15) is 0 Å². The van der Waals surface area contributed by atoms with Gasteiger partial charge in [-0.1, -0.05) is 0 Å². The van der Waals surface area contributed by atoms with Crippen molar-refractivity contribution in [3.8, 4) is 5.75 Å². The largest absolute Gasteiger partial charge is 0.489 e. The zero-order valence-electron chi connectivity index (χ0n) is 16.1. The first-order valence-corrected chi connectivity index (χ1v) is 10.5. The molecule has 4 rings (SSSR count). The van der Waals surface area contributed by atoms with Crippen LogP contribution < -0.4 is 14.8 Å². The number of carbonyl (C=O) groups is 1. The first kappa shape index (κ1) is 20.7. The molecule has 1 amide bonds. The summed E-state index contributed by atoms with van der Waals surface area (Å²) in [7, 11) is -0.668. The van der Waals surface area contributed by atoms with Crippen LogP contribution in [0.25, 0.3) is 0 Å². The molecule has 2 aromatic rings. The van der Waals surface area contributed by atoms with Gasteiger partial charge < -0.3 is 19.5 Å². The van der Waals surface area contributed by atoms with Crippen LogP contribution in [0.15, 0.2) is 23.2 Å². The number of anilines is 1. The summed E-state index contributed by atoms with van der Waals surface area (Å²) in [6.07, 6.45) is 1.23. The van der Waals surface area contributed by atoms with E-state index in [1.807, 2.05) is 11.9 Å². The number of likely N-dealkylation sites (N-methyl/N-ethyl adjacent to an activating group) is 1. The number of hydrogen-bond acceptors (Lipinski definition) is 5. The Morgan fingerprint density at radius 3 is 2.53 bits per heavy atom. The van der Waals surface area contributed by atoms with E-state index in [0.29, 0.717) is 25.2 Å². The Hall–Kier alpha value is -2.57. The van der Waals surface area contributed by atoms with Gasteiger partial charge in [-0.3, -0.25) is 4.79 Å². The molecule has 3 heterocycles. The summed E-state index contributed by atoms with van der Waals surface area (Å²) in [4.78, 5) is 14.6. The Labute approximate surface area is 170 Å². The van der Waals surface area contributed by atoms with Gasteiger partial charge in [0.25, 0.3) is 5.91 Å². The van der Waals surface area contributed by atoms with Gasteiger partial charge in [0.15, 0.2) is 28.9 Å². The summed E-state index contributed by atoms with van der Waals surface area (Å²) in [6, 6.07) is 0.929. The normalized spacial score (nSPS) is 23.1. The van der Waals surface area contributed by atoms with Crippen molar-refractivity contribution in [3.63, 3.8) is 0 Å². The van der Waals surface area contributed by atoms with Gasteiger partial charge in [-0.05, 0) is 7.05 Å². The van der Waals surface area contributed by atoms with Crippen LogP contribution in [0, 0.1) is 23.4 Å². The summed E-state index contributed by atoms with van der Waals surface area (Å²) in [5.41, 5.74) is -0.471. The molecule has 30 heavy (non-hydrogen) atoms. The van der Waals surface area contributed by atoms with Gasteiger partial charge in [-0.15, -0.1) is 0 Å². The molecular weight excluding hydrogens is 425 g/mol. The number of carbonyl (C=O) groups excluding carboxylic acids is 1. The quantitative estimate of drug-likeness (QED) is 0.682. The highest BCUT2D eigenvalue weighted by atomic mass is 32.2. The van der Waals surface area contributed by atoms with E-state index in [9.17, 15) is 26.4 Å². The first-order chi connectivity index (χ1) is 14.1. The lowest BCUT2D eigenvalue weighted by Crippen LogP contribution is -2.43. The molecule has 0 bridgehead atoms. The molecule has 2 aliphatic rings. The van der Waals surface area contributed by atoms with Crippen molar-refractivity contribution < 1.29 is 31.1 Å². The van der Waals surface area contributed by atoms with Crippen LogP contribution >= 0.6 is 0 Å². The maximum Gasteiger partial charge on any atom is 0.276 e. The number of fused-ring (bicyclic) bond motifs is 2. The van der Waals surface area contributed by atoms with Crippen molar-refractivity contribution in [2.75, 3.05) is 32.1 Å². The number of rotatable bonds is 2. The van der Waals surface area contributed by atoms with E-state index in [1.165, 1.54) is 17.8 Å². The van der Waals surface area contributed by atoms with Crippen LogP contribution in [-0.2, 0) is 17.1 Å². The Balaban J connectivity index is 1.70. The molecule has 0 saturated carbocycles. The highest BCUT2D eigenvalue weighted by Crippen LogP contribution is 2.34. The van der Waals surface area contributed by atoms with E-state index >= 15 is 0 Å².